The molecule has 2 unspecified atom stereocenters. The number of nitrogens with zero attached hydrogens (tertiary/aromatic N) is 1. The molecule has 0 spiro atoms. The molecular formula is C13H28N2O2. The van der Waals surface area contributed by atoms with E-state index in [-0.39, 0.29) is 0 Å². The Balaban J connectivity index is 2.10. The minimum Gasteiger partial charge on any atom is -0.389 e. The molecule has 0 aliphatic carbocycles. The molecule has 3 N–H and O–H groups in total. The second kappa shape index (κ2) is 7.31. The lowest BCUT2D eigenvalue weighted by Gasteiger charge is -2.32. The van der Waals surface area contributed by atoms with E-state index < -0.39 is 5.60 Å². The summed E-state index contributed by atoms with van der Waals surface area (Å²) in [5.74, 6) is 0. The van der Waals surface area contributed by atoms with Crippen LogP contribution in [0.25, 0.3) is 0 Å². The Morgan fingerprint density at radius 3 is 2.88 bits per heavy atom. The number of ether oxygens (including phenoxy) is 1. The summed E-state index contributed by atoms with van der Waals surface area (Å²) < 4.78 is 5.64. The zero-order valence-electron chi connectivity index (χ0n) is 11.3. The minimum absolute atomic E-state index is 0.350. The highest BCUT2D eigenvalue weighted by atomic mass is 16.5. The van der Waals surface area contributed by atoms with Gasteiger partial charge in [0.15, 0.2) is 0 Å². The van der Waals surface area contributed by atoms with Gasteiger partial charge in [-0.1, -0.05) is 6.92 Å². The molecule has 1 rings (SSSR count). The normalized spacial score (nSPS) is 25.8. The third kappa shape index (κ3) is 5.82. The van der Waals surface area contributed by atoms with Crippen LogP contribution in [0.2, 0.25) is 0 Å². The highest BCUT2D eigenvalue weighted by Gasteiger charge is 2.20. The summed E-state index contributed by atoms with van der Waals surface area (Å²) in [4.78, 5) is 2.47. The van der Waals surface area contributed by atoms with Crippen molar-refractivity contribution in [1.29, 1.82) is 0 Å². The molecule has 4 heteroatoms. The van der Waals surface area contributed by atoms with Gasteiger partial charge >= 0.3 is 0 Å². The molecule has 1 aliphatic heterocycles. The van der Waals surface area contributed by atoms with E-state index in [2.05, 4.69) is 11.8 Å². The lowest BCUT2D eigenvalue weighted by Crippen LogP contribution is -2.42. The van der Waals surface area contributed by atoms with Crippen molar-refractivity contribution in [3.05, 3.63) is 0 Å². The molecule has 0 aromatic rings. The first-order valence-electron chi connectivity index (χ1n) is 6.84. The summed E-state index contributed by atoms with van der Waals surface area (Å²) in [6, 6.07) is 0. The summed E-state index contributed by atoms with van der Waals surface area (Å²) in [5.41, 5.74) is 4.81. The average molecular weight is 244 g/mol. The summed E-state index contributed by atoms with van der Waals surface area (Å²) in [6.07, 6.45) is 4.48. The molecule has 17 heavy (non-hydrogen) atoms. The van der Waals surface area contributed by atoms with Gasteiger partial charge in [-0.2, -0.15) is 0 Å². The predicted molar refractivity (Wildman–Crippen MR) is 70.0 cm³/mol. The van der Waals surface area contributed by atoms with E-state index in [4.69, 9.17) is 10.5 Å². The Morgan fingerprint density at radius 1 is 1.47 bits per heavy atom. The number of aliphatic hydroxyl groups is 1. The van der Waals surface area contributed by atoms with Crippen molar-refractivity contribution in [2.75, 3.05) is 32.8 Å². The van der Waals surface area contributed by atoms with Gasteiger partial charge in [-0.3, -0.25) is 4.90 Å². The molecule has 1 saturated heterocycles. The van der Waals surface area contributed by atoms with Gasteiger partial charge in [0.05, 0.1) is 18.3 Å². The number of nitrogens with two attached hydrogens (primary N) is 1. The van der Waals surface area contributed by atoms with Crippen molar-refractivity contribution in [1.82, 2.24) is 4.90 Å². The van der Waals surface area contributed by atoms with E-state index in [1.165, 1.54) is 0 Å². The molecule has 1 heterocycles. The van der Waals surface area contributed by atoms with Gasteiger partial charge in [0, 0.05) is 19.6 Å². The minimum atomic E-state index is -0.684. The van der Waals surface area contributed by atoms with E-state index in [1.807, 2.05) is 6.92 Å². The lowest BCUT2D eigenvalue weighted by molar-refractivity contribution is -0.0305. The van der Waals surface area contributed by atoms with Crippen molar-refractivity contribution in [2.45, 2.75) is 51.2 Å². The van der Waals surface area contributed by atoms with Crippen LogP contribution >= 0.6 is 0 Å². The monoisotopic (exact) mass is 244 g/mol. The zero-order valence-corrected chi connectivity index (χ0v) is 11.3. The molecule has 0 saturated carbocycles. The molecule has 0 aromatic heterocycles. The molecule has 102 valence electrons. The van der Waals surface area contributed by atoms with Crippen LogP contribution in [0.5, 0.6) is 0 Å². The first-order valence-corrected chi connectivity index (χ1v) is 6.84. The van der Waals surface area contributed by atoms with E-state index in [9.17, 15) is 5.11 Å². The van der Waals surface area contributed by atoms with Crippen LogP contribution in [-0.4, -0.2) is 54.5 Å². The summed E-state index contributed by atoms with van der Waals surface area (Å²) in [7, 11) is 0. The van der Waals surface area contributed by atoms with Crippen LogP contribution in [0, 0.1) is 0 Å². The van der Waals surface area contributed by atoms with Crippen LogP contribution < -0.4 is 5.73 Å². The molecule has 0 bridgehead atoms. The number of hydrogen-bond donors (Lipinski definition) is 2. The van der Waals surface area contributed by atoms with E-state index >= 15 is 0 Å². The molecular weight excluding hydrogens is 216 g/mol. The van der Waals surface area contributed by atoms with Gasteiger partial charge in [-0.05, 0) is 39.2 Å². The van der Waals surface area contributed by atoms with Crippen molar-refractivity contribution in [3.63, 3.8) is 0 Å². The number of morpholine rings is 1. The summed E-state index contributed by atoms with van der Waals surface area (Å²) in [6.45, 7) is 8.41. The summed E-state index contributed by atoms with van der Waals surface area (Å²) >= 11 is 0. The average Bonchev–Trinajstić information content (AvgIpc) is 2.35. The number of unbranched alkanes of at least 4 members (excludes halogenated alkanes) is 1. The fourth-order valence-corrected chi connectivity index (χ4v) is 2.17. The van der Waals surface area contributed by atoms with Gasteiger partial charge < -0.3 is 15.6 Å². The van der Waals surface area contributed by atoms with E-state index in [0.717, 1.165) is 51.9 Å². The maximum Gasteiger partial charge on any atom is 0.0741 e. The molecule has 0 amide bonds. The third-order valence-electron chi connectivity index (χ3n) is 3.56. The van der Waals surface area contributed by atoms with Crippen LogP contribution in [0.3, 0.4) is 0 Å². The predicted octanol–water partition coefficient (Wildman–Crippen LogP) is 0.977. The second-order valence-electron chi connectivity index (χ2n) is 5.36. The van der Waals surface area contributed by atoms with Gasteiger partial charge in [0.1, 0.15) is 0 Å². The maximum atomic E-state index is 9.78. The Kier molecular flexibility index (Phi) is 6.41. The largest absolute Gasteiger partial charge is 0.389 e. The molecule has 0 radical (unpaired) electrons. The maximum absolute atomic E-state index is 9.78. The van der Waals surface area contributed by atoms with Crippen molar-refractivity contribution in [2.24, 2.45) is 5.73 Å². The van der Waals surface area contributed by atoms with Crippen LogP contribution in [0.4, 0.5) is 0 Å². The van der Waals surface area contributed by atoms with Gasteiger partial charge in [-0.15, -0.1) is 0 Å². The molecule has 1 aliphatic rings. The highest BCUT2D eigenvalue weighted by Crippen LogP contribution is 2.13. The SMILES string of the molecule is CCC1CN(CCCCC(C)(O)CN)CCO1. The van der Waals surface area contributed by atoms with Crippen molar-refractivity contribution >= 4 is 0 Å². The molecule has 1 fully saturated rings. The van der Waals surface area contributed by atoms with Crippen molar-refractivity contribution in [3.8, 4) is 0 Å². The standard InChI is InChI=1S/C13H28N2O2/c1-3-12-10-15(8-9-17-12)7-5-4-6-13(2,16)11-14/h12,16H,3-11,14H2,1-2H3. The fourth-order valence-electron chi connectivity index (χ4n) is 2.17. The molecule has 2 atom stereocenters. The van der Waals surface area contributed by atoms with Crippen LogP contribution in [0.1, 0.15) is 39.5 Å². The van der Waals surface area contributed by atoms with Gasteiger partial charge in [0.25, 0.3) is 0 Å². The third-order valence-corrected chi connectivity index (χ3v) is 3.56. The van der Waals surface area contributed by atoms with Crippen LogP contribution in [0.15, 0.2) is 0 Å². The highest BCUT2D eigenvalue weighted by molar-refractivity contribution is 4.74. The first kappa shape index (κ1) is 14.9. The molecule has 4 nitrogen and oxygen atoms in total. The Morgan fingerprint density at radius 2 is 2.24 bits per heavy atom. The van der Waals surface area contributed by atoms with Crippen molar-refractivity contribution < 1.29 is 9.84 Å². The number of hydrogen-bond acceptors (Lipinski definition) is 4. The number of rotatable bonds is 7. The Bertz CT molecular complexity index is 210. The topological polar surface area (TPSA) is 58.7 Å². The summed E-state index contributed by atoms with van der Waals surface area (Å²) in [5, 5.41) is 9.78. The van der Waals surface area contributed by atoms with E-state index in [1.54, 1.807) is 0 Å². The first-order chi connectivity index (χ1) is 8.07. The van der Waals surface area contributed by atoms with Gasteiger partial charge in [-0.25, -0.2) is 0 Å². The Hall–Kier alpha value is -0.160. The zero-order chi connectivity index (χ0) is 12.7. The lowest BCUT2D eigenvalue weighted by atomic mass is 9.99. The second-order valence-corrected chi connectivity index (χ2v) is 5.36. The van der Waals surface area contributed by atoms with Crippen LogP contribution in [-0.2, 0) is 4.74 Å². The molecule has 0 aromatic carbocycles. The van der Waals surface area contributed by atoms with E-state index in [0.29, 0.717) is 12.6 Å². The fraction of sp³-hybridized carbons (Fsp3) is 1.00. The smallest absolute Gasteiger partial charge is 0.0741 e. The van der Waals surface area contributed by atoms with Gasteiger partial charge in [0.2, 0.25) is 0 Å². The Labute approximate surface area is 105 Å². The quantitative estimate of drug-likeness (QED) is 0.655.